The van der Waals surface area contributed by atoms with Crippen molar-refractivity contribution in [1.82, 2.24) is 9.97 Å². The van der Waals surface area contributed by atoms with Crippen molar-refractivity contribution >= 4 is 33.3 Å². The number of aromatic amines is 1. The number of carbonyl (C=O) groups is 2. The summed E-state index contributed by atoms with van der Waals surface area (Å²) in [6.45, 7) is 4.65. The van der Waals surface area contributed by atoms with E-state index in [1.165, 1.54) is 11.3 Å². The highest BCUT2D eigenvalue weighted by Gasteiger charge is 2.16. The highest BCUT2D eigenvalue weighted by atomic mass is 32.1. The fourth-order valence-corrected chi connectivity index (χ4v) is 4.64. The summed E-state index contributed by atoms with van der Waals surface area (Å²) in [5.74, 6) is -0.460. The summed E-state index contributed by atoms with van der Waals surface area (Å²) < 4.78 is 10.8. The average molecular weight is 491 g/mol. The van der Waals surface area contributed by atoms with Gasteiger partial charge in [-0.3, -0.25) is 9.59 Å². The number of nitrogens with zero attached hydrogens (tertiary/aromatic N) is 1. The quantitative estimate of drug-likeness (QED) is 0.248. The number of aryl methyl sites for hydroxylation is 2. The summed E-state index contributed by atoms with van der Waals surface area (Å²) in [7, 11) is 0. The second-order valence-electron chi connectivity index (χ2n) is 8.18. The molecule has 180 valence electrons. The number of thiophene rings is 1. The Morgan fingerprint density at radius 3 is 2.60 bits per heavy atom. The Morgan fingerprint density at radius 1 is 1.06 bits per heavy atom. The first-order valence-electron chi connectivity index (χ1n) is 11.4. The van der Waals surface area contributed by atoms with Crippen molar-refractivity contribution in [3.8, 4) is 0 Å². The molecular weight excluding hydrogens is 464 g/mol. The van der Waals surface area contributed by atoms with E-state index in [4.69, 9.17) is 9.47 Å². The zero-order chi connectivity index (χ0) is 24.8. The van der Waals surface area contributed by atoms with Crippen LogP contribution in [0.4, 0.5) is 0 Å². The number of esters is 1. The number of nitrogens with one attached hydrogen (secondary N) is 1. The van der Waals surface area contributed by atoms with E-state index < -0.39 is 0 Å². The first-order chi connectivity index (χ1) is 16.9. The van der Waals surface area contributed by atoms with E-state index in [-0.39, 0.29) is 36.2 Å². The number of hydrogen-bond acceptors (Lipinski definition) is 7. The lowest BCUT2D eigenvalue weighted by Gasteiger charge is -2.06. The molecule has 35 heavy (non-hydrogen) atoms. The Bertz CT molecular complexity index is 1410. The smallest absolute Gasteiger partial charge is 0.338 e. The molecule has 0 saturated heterocycles. The van der Waals surface area contributed by atoms with E-state index in [0.29, 0.717) is 35.4 Å². The standard InChI is InChI=1S/C27H26N2O5S/c1-3-34-27(32)20-10-7-19(8-11-20)14-33-15-21-16-35-26-23(21)25(31)28-24(29-26)22(30)12-9-18-6-4-5-17(2)13-18/h4-8,10-11,13,16H,3,9,12,14-15H2,1-2H3,(H,28,29,31). The Kier molecular flexibility index (Phi) is 7.84. The number of rotatable bonds is 10. The molecule has 0 atom stereocenters. The van der Waals surface area contributed by atoms with Gasteiger partial charge in [0.15, 0.2) is 11.6 Å². The minimum Gasteiger partial charge on any atom is -0.462 e. The van der Waals surface area contributed by atoms with E-state index in [0.717, 1.165) is 22.3 Å². The third-order valence-electron chi connectivity index (χ3n) is 5.50. The zero-order valence-electron chi connectivity index (χ0n) is 19.6. The van der Waals surface area contributed by atoms with E-state index >= 15 is 0 Å². The third-order valence-corrected chi connectivity index (χ3v) is 6.42. The topological polar surface area (TPSA) is 98.3 Å². The van der Waals surface area contributed by atoms with E-state index in [1.807, 2.05) is 36.6 Å². The van der Waals surface area contributed by atoms with Crippen molar-refractivity contribution in [3.63, 3.8) is 0 Å². The van der Waals surface area contributed by atoms with Crippen molar-refractivity contribution in [1.29, 1.82) is 0 Å². The van der Waals surface area contributed by atoms with Crippen LogP contribution in [-0.4, -0.2) is 28.3 Å². The van der Waals surface area contributed by atoms with Crippen LogP contribution in [0.3, 0.4) is 0 Å². The van der Waals surface area contributed by atoms with Gasteiger partial charge in [0.2, 0.25) is 0 Å². The summed E-state index contributed by atoms with van der Waals surface area (Å²) in [6, 6.07) is 15.0. The van der Waals surface area contributed by atoms with Gasteiger partial charge in [0.05, 0.1) is 30.8 Å². The number of hydrogen-bond donors (Lipinski definition) is 1. The first-order valence-corrected chi connectivity index (χ1v) is 12.3. The molecule has 2 heterocycles. The molecule has 0 fully saturated rings. The van der Waals surface area contributed by atoms with Gasteiger partial charge in [-0.05, 0) is 48.9 Å². The molecule has 0 aliphatic heterocycles. The maximum atomic E-state index is 12.8. The Balaban J connectivity index is 1.38. The van der Waals surface area contributed by atoms with Gasteiger partial charge in [-0.25, -0.2) is 9.78 Å². The van der Waals surface area contributed by atoms with E-state index in [9.17, 15) is 14.4 Å². The molecular formula is C27H26N2O5S. The fourth-order valence-electron chi connectivity index (χ4n) is 3.72. The Hall–Kier alpha value is -3.62. The van der Waals surface area contributed by atoms with Crippen LogP contribution >= 0.6 is 11.3 Å². The van der Waals surface area contributed by atoms with E-state index in [2.05, 4.69) is 9.97 Å². The summed E-state index contributed by atoms with van der Waals surface area (Å²) in [5, 5.41) is 2.28. The predicted octanol–water partition coefficient (Wildman–Crippen LogP) is 5.00. The van der Waals surface area contributed by atoms with Gasteiger partial charge in [0.1, 0.15) is 4.83 Å². The molecule has 1 N–H and O–H groups in total. The largest absolute Gasteiger partial charge is 0.462 e. The van der Waals surface area contributed by atoms with Crippen LogP contribution in [0.2, 0.25) is 0 Å². The van der Waals surface area contributed by atoms with Crippen molar-refractivity contribution in [3.05, 3.63) is 97.9 Å². The van der Waals surface area contributed by atoms with Gasteiger partial charge in [-0.15, -0.1) is 11.3 Å². The highest BCUT2D eigenvalue weighted by Crippen LogP contribution is 2.22. The predicted molar refractivity (Wildman–Crippen MR) is 135 cm³/mol. The van der Waals surface area contributed by atoms with Gasteiger partial charge in [-0.1, -0.05) is 42.0 Å². The van der Waals surface area contributed by atoms with Crippen LogP contribution < -0.4 is 5.56 Å². The number of ether oxygens (including phenoxy) is 2. The molecule has 2 aromatic carbocycles. The van der Waals surface area contributed by atoms with Crippen LogP contribution in [0.5, 0.6) is 0 Å². The Labute approximate surface area is 206 Å². The molecule has 0 aliphatic rings. The fraction of sp³-hybridized carbons (Fsp3) is 0.259. The highest BCUT2D eigenvalue weighted by molar-refractivity contribution is 7.16. The minimum atomic E-state index is -0.357. The van der Waals surface area contributed by atoms with Crippen LogP contribution in [0.25, 0.3) is 10.2 Å². The van der Waals surface area contributed by atoms with Crippen LogP contribution in [0.15, 0.2) is 58.7 Å². The molecule has 0 spiro atoms. The number of benzene rings is 2. The molecule has 7 nitrogen and oxygen atoms in total. The van der Waals surface area contributed by atoms with Crippen molar-refractivity contribution in [2.45, 2.75) is 39.9 Å². The number of Topliss-reactive ketones (excluding diaryl/α,β-unsaturated/α-hetero) is 1. The molecule has 0 radical (unpaired) electrons. The number of carbonyl (C=O) groups excluding carboxylic acids is 2. The molecule has 4 aromatic rings. The second kappa shape index (κ2) is 11.2. The normalized spacial score (nSPS) is 11.0. The van der Waals surface area contributed by atoms with Crippen LogP contribution in [0, 0.1) is 6.92 Å². The minimum absolute atomic E-state index is 0.0890. The maximum Gasteiger partial charge on any atom is 0.338 e. The van der Waals surface area contributed by atoms with Gasteiger partial charge < -0.3 is 14.5 Å². The lowest BCUT2D eigenvalue weighted by atomic mass is 10.1. The van der Waals surface area contributed by atoms with Crippen molar-refractivity contribution in [2.75, 3.05) is 6.61 Å². The van der Waals surface area contributed by atoms with Gasteiger partial charge in [0, 0.05) is 12.0 Å². The average Bonchev–Trinajstić information content (AvgIpc) is 3.26. The van der Waals surface area contributed by atoms with Gasteiger partial charge >= 0.3 is 5.97 Å². The molecule has 0 aliphatic carbocycles. The SMILES string of the molecule is CCOC(=O)c1ccc(COCc2csc3nc(C(=O)CCc4cccc(C)c4)[nH]c(=O)c23)cc1. The van der Waals surface area contributed by atoms with Crippen LogP contribution in [0.1, 0.15) is 56.6 Å². The summed E-state index contributed by atoms with van der Waals surface area (Å²) >= 11 is 1.32. The number of ketones is 1. The molecule has 0 unspecified atom stereocenters. The number of fused-ring (bicyclic) bond motifs is 1. The Morgan fingerprint density at radius 2 is 1.86 bits per heavy atom. The zero-order valence-corrected chi connectivity index (χ0v) is 20.4. The van der Waals surface area contributed by atoms with E-state index in [1.54, 1.807) is 31.2 Å². The summed E-state index contributed by atoms with van der Waals surface area (Å²) in [6.07, 6.45) is 0.862. The van der Waals surface area contributed by atoms with Gasteiger partial charge in [-0.2, -0.15) is 0 Å². The summed E-state index contributed by atoms with van der Waals surface area (Å²) in [5.41, 5.74) is 3.98. The van der Waals surface area contributed by atoms with Gasteiger partial charge in [0.25, 0.3) is 5.56 Å². The molecule has 0 amide bonds. The third kappa shape index (κ3) is 6.09. The lowest BCUT2D eigenvalue weighted by Crippen LogP contribution is -2.16. The monoisotopic (exact) mass is 490 g/mol. The molecule has 4 rings (SSSR count). The number of H-pyrrole nitrogens is 1. The molecule has 2 aromatic heterocycles. The van der Waals surface area contributed by atoms with Crippen molar-refractivity contribution < 1.29 is 19.1 Å². The summed E-state index contributed by atoms with van der Waals surface area (Å²) in [4.78, 5) is 44.7. The van der Waals surface area contributed by atoms with Crippen LogP contribution in [-0.2, 0) is 29.1 Å². The second-order valence-corrected chi connectivity index (χ2v) is 9.04. The first kappa shape index (κ1) is 24.5. The lowest BCUT2D eigenvalue weighted by molar-refractivity contribution is 0.0526. The number of aromatic nitrogens is 2. The maximum absolute atomic E-state index is 12.8. The molecule has 8 heteroatoms. The molecule has 0 bridgehead atoms. The van der Waals surface area contributed by atoms with Crippen molar-refractivity contribution in [2.24, 2.45) is 0 Å². The molecule has 0 saturated carbocycles.